The van der Waals surface area contributed by atoms with E-state index < -0.39 is 17.9 Å². The number of hydrogen-bond acceptors (Lipinski definition) is 4. The van der Waals surface area contributed by atoms with Crippen molar-refractivity contribution < 1.29 is 19.2 Å². The Kier molecular flexibility index (Phi) is 4.76. The Balaban J connectivity index is 2.06. The molecule has 0 fully saturated rings. The van der Waals surface area contributed by atoms with Gasteiger partial charge in [-0.2, -0.15) is 0 Å². The zero-order valence-corrected chi connectivity index (χ0v) is 11.6. The number of fused-ring (bicyclic) bond motifs is 1. The summed E-state index contributed by atoms with van der Waals surface area (Å²) in [6, 6.07) is -0.863. The van der Waals surface area contributed by atoms with Crippen LogP contribution in [0.25, 0.3) is 0 Å². The number of amides is 1. The lowest BCUT2D eigenvalue weighted by Gasteiger charge is -2.14. The average molecular weight is 280 g/mol. The van der Waals surface area contributed by atoms with Crippen molar-refractivity contribution in [3.63, 3.8) is 0 Å². The van der Waals surface area contributed by atoms with E-state index in [-0.39, 0.29) is 5.69 Å². The Morgan fingerprint density at radius 2 is 2.15 bits per heavy atom. The van der Waals surface area contributed by atoms with Crippen molar-refractivity contribution in [3.8, 4) is 0 Å². The quantitative estimate of drug-likeness (QED) is 0.830. The molecule has 0 radical (unpaired) electrons. The van der Waals surface area contributed by atoms with Crippen LogP contribution in [0.3, 0.4) is 0 Å². The number of aliphatic carboxylic acids is 1. The average Bonchev–Trinajstić information content (AvgIpc) is 2.87. The molecule has 1 atom stereocenters. The number of carbonyl (C=O) groups excluding carboxylic acids is 1. The molecular formula is C14H20N2O4. The van der Waals surface area contributed by atoms with E-state index in [2.05, 4.69) is 10.5 Å². The normalized spacial score (nSPS) is 15.4. The van der Waals surface area contributed by atoms with Crippen LogP contribution in [0.2, 0.25) is 0 Å². The van der Waals surface area contributed by atoms with Crippen molar-refractivity contribution in [2.24, 2.45) is 0 Å². The number of aromatic nitrogens is 1. The van der Waals surface area contributed by atoms with Crippen molar-refractivity contribution in [3.05, 3.63) is 17.0 Å². The van der Waals surface area contributed by atoms with Crippen LogP contribution in [0.5, 0.6) is 0 Å². The molecule has 1 amide bonds. The monoisotopic (exact) mass is 280 g/mol. The van der Waals surface area contributed by atoms with E-state index in [1.54, 1.807) is 0 Å². The molecule has 1 aromatic rings. The van der Waals surface area contributed by atoms with E-state index in [0.29, 0.717) is 6.42 Å². The standard InChI is InChI=1S/C14H20N2O4/c1-2-3-7-10(14(18)19)15-13(17)12-9-6-4-5-8-11(9)20-16-12/h10H,2-8H2,1H3,(H,15,17)(H,18,19). The lowest BCUT2D eigenvalue weighted by atomic mass is 9.96. The third-order valence-electron chi connectivity index (χ3n) is 3.62. The lowest BCUT2D eigenvalue weighted by molar-refractivity contribution is -0.139. The zero-order chi connectivity index (χ0) is 14.5. The second-order valence-electron chi connectivity index (χ2n) is 5.15. The lowest BCUT2D eigenvalue weighted by Crippen LogP contribution is -2.41. The molecule has 1 heterocycles. The Morgan fingerprint density at radius 3 is 2.85 bits per heavy atom. The summed E-state index contributed by atoms with van der Waals surface area (Å²) in [4.78, 5) is 23.3. The van der Waals surface area contributed by atoms with Crippen LogP contribution < -0.4 is 5.32 Å². The molecule has 1 aliphatic rings. The van der Waals surface area contributed by atoms with E-state index in [4.69, 9.17) is 9.63 Å². The molecule has 0 saturated carbocycles. The number of carboxylic acid groups (broad SMARTS) is 1. The number of nitrogens with one attached hydrogen (secondary N) is 1. The number of hydrogen-bond donors (Lipinski definition) is 2. The van der Waals surface area contributed by atoms with Crippen LogP contribution in [-0.4, -0.2) is 28.2 Å². The maximum atomic E-state index is 12.2. The van der Waals surface area contributed by atoms with Gasteiger partial charge in [0.2, 0.25) is 0 Å². The molecule has 2 rings (SSSR count). The Morgan fingerprint density at radius 1 is 1.40 bits per heavy atom. The highest BCUT2D eigenvalue weighted by Crippen LogP contribution is 2.24. The Bertz CT molecular complexity index is 495. The Labute approximate surface area is 117 Å². The molecule has 0 aliphatic heterocycles. The molecule has 0 saturated heterocycles. The van der Waals surface area contributed by atoms with Gasteiger partial charge in [-0.1, -0.05) is 24.9 Å². The molecule has 0 bridgehead atoms. The van der Waals surface area contributed by atoms with Crippen LogP contribution in [0.4, 0.5) is 0 Å². The fraction of sp³-hybridized carbons (Fsp3) is 0.643. The van der Waals surface area contributed by atoms with E-state index in [1.807, 2.05) is 6.92 Å². The largest absolute Gasteiger partial charge is 0.480 e. The smallest absolute Gasteiger partial charge is 0.326 e. The zero-order valence-electron chi connectivity index (χ0n) is 11.6. The summed E-state index contributed by atoms with van der Waals surface area (Å²) in [5.74, 6) is -0.689. The molecule has 2 N–H and O–H groups in total. The molecule has 110 valence electrons. The number of nitrogens with zero attached hydrogens (tertiary/aromatic N) is 1. The number of carbonyl (C=O) groups is 2. The molecule has 20 heavy (non-hydrogen) atoms. The fourth-order valence-corrected chi connectivity index (χ4v) is 2.46. The minimum atomic E-state index is -1.01. The van der Waals surface area contributed by atoms with Gasteiger partial charge in [-0.3, -0.25) is 4.79 Å². The number of unbranched alkanes of at least 4 members (excludes halogenated alkanes) is 1. The van der Waals surface area contributed by atoms with Gasteiger partial charge in [0.05, 0.1) is 0 Å². The van der Waals surface area contributed by atoms with E-state index in [1.165, 1.54) is 0 Å². The first-order valence-electron chi connectivity index (χ1n) is 7.14. The first-order valence-corrected chi connectivity index (χ1v) is 7.14. The van der Waals surface area contributed by atoms with Gasteiger partial charge in [0.1, 0.15) is 11.8 Å². The highest BCUT2D eigenvalue weighted by atomic mass is 16.5. The number of carboxylic acids is 1. The van der Waals surface area contributed by atoms with Crippen molar-refractivity contribution >= 4 is 11.9 Å². The van der Waals surface area contributed by atoms with Gasteiger partial charge in [-0.05, 0) is 25.7 Å². The molecule has 1 aliphatic carbocycles. The minimum absolute atomic E-state index is 0.252. The van der Waals surface area contributed by atoms with Crippen molar-refractivity contribution in [2.45, 2.75) is 57.9 Å². The third-order valence-corrected chi connectivity index (χ3v) is 3.62. The highest BCUT2D eigenvalue weighted by Gasteiger charge is 2.27. The van der Waals surface area contributed by atoms with Gasteiger partial charge in [-0.15, -0.1) is 0 Å². The van der Waals surface area contributed by atoms with Gasteiger partial charge < -0.3 is 14.9 Å². The third kappa shape index (κ3) is 3.18. The highest BCUT2D eigenvalue weighted by molar-refractivity contribution is 5.96. The number of rotatable bonds is 6. The van der Waals surface area contributed by atoms with Crippen molar-refractivity contribution in [1.29, 1.82) is 0 Å². The van der Waals surface area contributed by atoms with E-state index in [0.717, 1.165) is 49.8 Å². The molecule has 0 aromatic carbocycles. The van der Waals surface area contributed by atoms with Crippen molar-refractivity contribution in [2.75, 3.05) is 0 Å². The predicted octanol–water partition coefficient (Wildman–Crippen LogP) is 1.93. The first-order chi connectivity index (χ1) is 9.63. The van der Waals surface area contributed by atoms with Crippen molar-refractivity contribution in [1.82, 2.24) is 10.5 Å². The molecule has 1 aromatic heterocycles. The second kappa shape index (κ2) is 6.54. The van der Waals surface area contributed by atoms with Crippen LogP contribution in [0.15, 0.2) is 4.52 Å². The van der Waals surface area contributed by atoms with Crippen LogP contribution in [0, 0.1) is 0 Å². The molecule has 0 spiro atoms. The van der Waals surface area contributed by atoms with E-state index in [9.17, 15) is 9.59 Å². The maximum absolute atomic E-state index is 12.2. The fourth-order valence-electron chi connectivity index (χ4n) is 2.46. The summed E-state index contributed by atoms with van der Waals surface area (Å²) in [6.45, 7) is 1.98. The maximum Gasteiger partial charge on any atom is 0.326 e. The van der Waals surface area contributed by atoms with Gasteiger partial charge >= 0.3 is 5.97 Å². The van der Waals surface area contributed by atoms with Crippen LogP contribution in [0.1, 0.15) is 60.8 Å². The van der Waals surface area contributed by atoms with Gasteiger partial charge in [0.25, 0.3) is 5.91 Å². The summed E-state index contributed by atoms with van der Waals surface area (Å²) in [5.41, 5.74) is 1.09. The van der Waals surface area contributed by atoms with Gasteiger partial charge in [-0.25, -0.2) is 4.79 Å². The molecule has 1 unspecified atom stereocenters. The molecular weight excluding hydrogens is 260 g/mol. The van der Waals surface area contributed by atoms with Crippen LogP contribution >= 0.6 is 0 Å². The predicted molar refractivity (Wildman–Crippen MR) is 71.6 cm³/mol. The first kappa shape index (κ1) is 14.6. The molecule has 6 nitrogen and oxygen atoms in total. The van der Waals surface area contributed by atoms with Crippen LogP contribution in [-0.2, 0) is 17.6 Å². The van der Waals surface area contributed by atoms with Gasteiger partial charge in [0.15, 0.2) is 5.69 Å². The SMILES string of the molecule is CCCCC(NC(=O)c1noc2c1CCCC2)C(=O)O. The Hall–Kier alpha value is -1.85. The summed E-state index contributed by atoms with van der Waals surface area (Å²) < 4.78 is 5.17. The summed E-state index contributed by atoms with van der Waals surface area (Å²) >= 11 is 0. The second-order valence-corrected chi connectivity index (χ2v) is 5.15. The molecule has 6 heteroatoms. The summed E-state index contributed by atoms with van der Waals surface area (Å²) in [6.07, 6.45) is 5.69. The van der Waals surface area contributed by atoms with E-state index >= 15 is 0 Å². The minimum Gasteiger partial charge on any atom is -0.480 e. The number of aryl methyl sites for hydroxylation is 1. The summed E-state index contributed by atoms with van der Waals surface area (Å²) in [7, 11) is 0. The topological polar surface area (TPSA) is 92.4 Å². The summed E-state index contributed by atoms with van der Waals surface area (Å²) in [5, 5.41) is 15.5. The van der Waals surface area contributed by atoms with Gasteiger partial charge in [0, 0.05) is 12.0 Å².